The monoisotopic (exact) mass is 360 g/mol. The highest BCUT2D eigenvalue weighted by Crippen LogP contribution is 2.29. The van der Waals surface area contributed by atoms with Gasteiger partial charge in [0.1, 0.15) is 4.90 Å². The second kappa shape index (κ2) is 6.45. The summed E-state index contributed by atoms with van der Waals surface area (Å²) in [7, 11) is -3.55. The van der Waals surface area contributed by atoms with Crippen LogP contribution in [0.15, 0.2) is 27.6 Å². The highest BCUT2D eigenvalue weighted by molar-refractivity contribution is 9.10. The van der Waals surface area contributed by atoms with Crippen molar-refractivity contribution < 1.29 is 8.42 Å². The minimum absolute atomic E-state index is 0.0294. The second-order valence-electron chi connectivity index (χ2n) is 5.36. The van der Waals surface area contributed by atoms with Crippen molar-refractivity contribution in [2.75, 3.05) is 5.73 Å². The maximum atomic E-state index is 12.5. The lowest BCUT2D eigenvalue weighted by molar-refractivity contribution is 0.282. The van der Waals surface area contributed by atoms with Crippen molar-refractivity contribution in [2.24, 2.45) is 5.92 Å². The lowest BCUT2D eigenvalue weighted by Gasteiger charge is -2.31. The fraction of sp³-hybridized carbons (Fsp3) is 0.571. The van der Waals surface area contributed by atoms with E-state index in [1.165, 1.54) is 6.42 Å². The van der Waals surface area contributed by atoms with Crippen LogP contribution in [0, 0.1) is 5.92 Å². The smallest absolute Gasteiger partial charge is 0.242 e. The van der Waals surface area contributed by atoms with Crippen LogP contribution in [0.1, 0.15) is 39.0 Å². The van der Waals surface area contributed by atoms with Gasteiger partial charge in [0.25, 0.3) is 0 Å². The van der Waals surface area contributed by atoms with E-state index in [0.29, 0.717) is 5.92 Å². The van der Waals surface area contributed by atoms with Gasteiger partial charge in [0.2, 0.25) is 10.0 Å². The standard InChI is InChI=1S/C14H21BrN2O2S/c1-2-10-5-3-4-6-13(10)17-20(18,19)14-8-7-11(15)9-12(14)16/h7-10,13,17H,2-6,16H2,1H3. The molecule has 0 heterocycles. The van der Waals surface area contributed by atoms with Crippen LogP contribution >= 0.6 is 15.9 Å². The Morgan fingerprint density at radius 3 is 2.70 bits per heavy atom. The number of hydrogen-bond acceptors (Lipinski definition) is 3. The third-order valence-electron chi connectivity index (χ3n) is 4.00. The van der Waals surface area contributed by atoms with Crippen molar-refractivity contribution in [1.29, 1.82) is 0 Å². The SMILES string of the molecule is CCC1CCCCC1NS(=O)(=O)c1ccc(Br)cc1N. The van der Waals surface area contributed by atoms with E-state index in [1.54, 1.807) is 18.2 Å². The first-order chi connectivity index (χ1) is 9.44. The van der Waals surface area contributed by atoms with Crippen molar-refractivity contribution >= 4 is 31.6 Å². The van der Waals surface area contributed by atoms with Crippen molar-refractivity contribution in [3.8, 4) is 0 Å². The number of halogens is 1. The molecular formula is C14H21BrN2O2S. The fourth-order valence-corrected chi connectivity index (χ4v) is 4.71. The fourth-order valence-electron chi connectivity index (χ4n) is 2.88. The molecule has 0 spiro atoms. The third-order valence-corrected chi connectivity index (χ3v) is 6.06. The molecule has 4 nitrogen and oxygen atoms in total. The first-order valence-corrected chi connectivity index (χ1v) is 9.29. The summed E-state index contributed by atoms with van der Waals surface area (Å²) < 4.78 is 28.6. The van der Waals surface area contributed by atoms with Gasteiger partial charge in [-0.25, -0.2) is 13.1 Å². The molecule has 2 unspecified atom stereocenters. The number of nitrogens with one attached hydrogen (secondary N) is 1. The molecule has 1 aromatic rings. The Labute approximate surface area is 129 Å². The first kappa shape index (κ1) is 15.8. The highest BCUT2D eigenvalue weighted by atomic mass is 79.9. The predicted octanol–water partition coefficient (Wildman–Crippen LogP) is 3.28. The van der Waals surface area contributed by atoms with E-state index in [1.807, 2.05) is 0 Å². The predicted molar refractivity (Wildman–Crippen MR) is 84.9 cm³/mol. The lowest BCUT2D eigenvalue weighted by atomic mass is 9.83. The van der Waals surface area contributed by atoms with Gasteiger partial charge in [0.15, 0.2) is 0 Å². The van der Waals surface area contributed by atoms with E-state index in [9.17, 15) is 8.42 Å². The molecule has 3 N–H and O–H groups in total. The number of nitrogens with two attached hydrogens (primary N) is 1. The summed E-state index contributed by atoms with van der Waals surface area (Å²) in [6, 6.07) is 4.89. The quantitative estimate of drug-likeness (QED) is 0.809. The van der Waals surface area contributed by atoms with Gasteiger partial charge in [-0.05, 0) is 37.0 Å². The molecule has 1 fully saturated rings. The van der Waals surface area contributed by atoms with Gasteiger partial charge >= 0.3 is 0 Å². The van der Waals surface area contributed by atoms with Crippen molar-refractivity contribution in [3.05, 3.63) is 22.7 Å². The lowest BCUT2D eigenvalue weighted by Crippen LogP contribution is -2.42. The van der Waals surface area contributed by atoms with Gasteiger partial charge < -0.3 is 5.73 Å². The van der Waals surface area contributed by atoms with Crippen LogP contribution < -0.4 is 10.5 Å². The van der Waals surface area contributed by atoms with Crippen LogP contribution in [0.2, 0.25) is 0 Å². The summed E-state index contributed by atoms with van der Waals surface area (Å²) in [6.45, 7) is 2.12. The Kier molecular flexibility index (Phi) is 5.09. The van der Waals surface area contributed by atoms with Crippen molar-refractivity contribution in [2.45, 2.75) is 50.0 Å². The number of hydrogen-bond donors (Lipinski definition) is 2. The summed E-state index contributed by atoms with van der Waals surface area (Å²) in [6.07, 6.45) is 5.29. The number of rotatable bonds is 4. The van der Waals surface area contributed by atoms with E-state index < -0.39 is 10.0 Å². The molecule has 6 heteroatoms. The average Bonchev–Trinajstić information content (AvgIpc) is 2.38. The molecular weight excluding hydrogens is 340 g/mol. The zero-order chi connectivity index (χ0) is 14.8. The van der Waals surface area contributed by atoms with Crippen LogP contribution in [0.5, 0.6) is 0 Å². The van der Waals surface area contributed by atoms with Gasteiger partial charge in [-0.1, -0.05) is 42.1 Å². The Balaban J connectivity index is 2.22. The first-order valence-electron chi connectivity index (χ1n) is 7.01. The molecule has 1 aliphatic carbocycles. The van der Waals surface area contributed by atoms with Gasteiger partial charge in [-0.15, -0.1) is 0 Å². The Bertz CT molecular complexity index is 575. The zero-order valence-electron chi connectivity index (χ0n) is 11.6. The number of sulfonamides is 1. The van der Waals surface area contributed by atoms with Crippen molar-refractivity contribution in [1.82, 2.24) is 4.72 Å². The minimum atomic E-state index is -3.55. The number of benzene rings is 1. The summed E-state index contributed by atoms with van der Waals surface area (Å²) >= 11 is 3.29. The molecule has 0 radical (unpaired) electrons. The number of nitrogen functional groups attached to an aromatic ring is 1. The largest absolute Gasteiger partial charge is 0.398 e. The Morgan fingerprint density at radius 2 is 2.05 bits per heavy atom. The van der Waals surface area contributed by atoms with Crippen LogP contribution in [0.4, 0.5) is 5.69 Å². The van der Waals surface area contributed by atoms with E-state index in [0.717, 1.165) is 30.2 Å². The van der Waals surface area contributed by atoms with Crippen LogP contribution in [-0.2, 0) is 10.0 Å². The minimum Gasteiger partial charge on any atom is -0.398 e. The molecule has 0 bridgehead atoms. The topological polar surface area (TPSA) is 72.2 Å². The summed E-state index contributed by atoms with van der Waals surface area (Å²) in [5, 5.41) is 0. The van der Waals surface area contributed by atoms with E-state index >= 15 is 0 Å². The molecule has 1 aromatic carbocycles. The van der Waals surface area contributed by atoms with E-state index in [4.69, 9.17) is 5.73 Å². The molecule has 1 aliphatic rings. The normalized spacial score (nSPS) is 23.7. The van der Waals surface area contributed by atoms with Crippen LogP contribution in [-0.4, -0.2) is 14.5 Å². The maximum absolute atomic E-state index is 12.5. The van der Waals surface area contributed by atoms with Gasteiger partial charge in [-0.3, -0.25) is 0 Å². The van der Waals surface area contributed by atoms with E-state index in [2.05, 4.69) is 27.6 Å². The van der Waals surface area contributed by atoms with Gasteiger partial charge in [-0.2, -0.15) is 0 Å². The molecule has 112 valence electrons. The van der Waals surface area contributed by atoms with Crippen LogP contribution in [0.3, 0.4) is 0 Å². The second-order valence-corrected chi connectivity index (χ2v) is 7.96. The van der Waals surface area contributed by atoms with Gasteiger partial charge in [0.05, 0.1) is 5.69 Å². The zero-order valence-corrected chi connectivity index (χ0v) is 14.0. The summed E-state index contributed by atoms with van der Waals surface area (Å²) in [5.41, 5.74) is 6.10. The molecule has 0 aliphatic heterocycles. The van der Waals surface area contributed by atoms with Crippen molar-refractivity contribution in [3.63, 3.8) is 0 Å². The summed E-state index contributed by atoms with van der Waals surface area (Å²) in [4.78, 5) is 0.168. The van der Waals surface area contributed by atoms with Gasteiger partial charge in [0, 0.05) is 10.5 Å². The molecule has 20 heavy (non-hydrogen) atoms. The summed E-state index contributed by atoms with van der Waals surface area (Å²) in [5.74, 6) is 0.426. The van der Waals surface area contributed by atoms with E-state index in [-0.39, 0.29) is 16.6 Å². The molecule has 0 amide bonds. The Hall–Kier alpha value is -0.590. The molecule has 2 atom stereocenters. The average molecular weight is 361 g/mol. The molecule has 1 saturated carbocycles. The van der Waals surface area contributed by atoms with Crippen LogP contribution in [0.25, 0.3) is 0 Å². The Morgan fingerprint density at radius 1 is 1.35 bits per heavy atom. The molecule has 2 rings (SSSR count). The maximum Gasteiger partial charge on any atom is 0.242 e. The molecule has 0 saturated heterocycles. The highest BCUT2D eigenvalue weighted by Gasteiger charge is 2.29. The molecule has 0 aromatic heterocycles. The third kappa shape index (κ3) is 3.54. The number of anilines is 1.